The fourth-order valence-electron chi connectivity index (χ4n) is 4.50. The van der Waals surface area contributed by atoms with E-state index in [4.69, 9.17) is 16.3 Å². The van der Waals surface area contributed by atoms with Crippen LogP contribution in [-0.4, -0.2) is 58.1 Å². The first-order valence-corrected chi connectivity index (χ1v) is 12.5. The van der Waals surface area contributed by atoms with Crippen molar-refractivity contribution in [3.05, 3.63) is 40.4 Å². The quantitative estimate of drug-likeness (QED) is 0.672. The third-order valence-electron chi connectivity index (χ3n) is 5.99. The van der Waals surface area contributed by atoms with Gasteiger partial charge in [-0.05, 0) is 63.3 Å². The Hall–Kier alpha value is -1.52. The van der Waals surface area contributed by atoms with Gasteiger partial charge in [0.05, 0.1) is 24.4 Å². The Labute approximate surface area is 189 Å². The van der Waals surface area contributed by atoms with E-state index < -0.39 is 10.2 Å². The molecule has 0 atom stereocenters. The summed E-state index contributed by atoms with van der Waals surface area (Å²) in [6, 6.07) is 5.60. The molecule has 0 unspecified atom stereocenters. The van der Waals surface area contributed by atoms with Crippen molar-refractivity contribution in [2.75, 3.05) is 14.1 Å². The van der Waals surface area contributed by atoms with Gasteiger partial charge in [0.2, 0.25) is 0 Å². The minimum Gasteiger partial charge on any atom is -0.376 e. The van der Waals surface area contributed by atoms with Gasteiger partial charge in [-0.1, -0.05) is 11.6 Å². The lowest BCUT2D eigenvalue weighted by atomic mass is 9.86. The maximum Gasteiger partial charge on any atom is 0.282 e. The van der Waals surface area contributed by atoms with Crippen LogP contribution in [0.25, 0.3) is 5.69 Å². The molecule has 0 N–H and O–H groups in total. The standard InChI is InChI=1S/C21H30ClN5O3S/c1-14(2)30-18-8-5-15(6-9-18)21-24-23-20-13-26(31(28,29)25(3)4)12-16-11-17(22)7-10-19(16)27(20)21/h7,10-11,14-15,18H,5-6,8-9,12-13H2,1-4H3. The summed E-state index contributed by atoms with van der Waals surface area (Å²) in [5, 5.41) is 9.54. The molecule has 1 fully saturated rings. The van der Waals surface area contributed by atoms with Gasteiger partial charge in [0.1, 0.15) is 5.82 Å². The van der Waals surface area contributed by atoms with Gasteiger partial charge in [0.25, 0.3) is 10.2 Å². The summed E-state index contributed by atoms with van der Waals surface area (Å²) in [5.74, 6) is 1.78. The molecule has 0 bridgehead atoms. The first kappa shape index (κ1) is 22.7. The predicted molar refractivity (Wildman–Crippen MR) is 119 cm³/mol. The number of ether oxygens (including phenoxy) is 1. The van der Waals surface area contributed by atoms with Crippen LogP contribution < -0.4 is 0 Å². The number of fused-ring (bicyclic) bond motifs is 3. The van der Waals surface area contributed by atoms with E-state index in [9.17, 15) is 8.42 Å². The number of halogens is 1. The molecule has 0 saturated heterocycles. The van der Waals surface area contributed by atoms with Crippen molar-refractivity contribution in [1.82, 2.24) is 23.4 Å². The molecule has 1 saturated carbocycles. The summed E-state index contributed by atoms with van der Waals surface area (Å²) in [7, 11) is -0.561. The van der Waals surface area contributed by atoms with Gasteiger partial charge in [-0.3, -0.25) is 4.57 Å². The summed E-state index contributed by atoms with van der Waals surface area (Å²) in [6.07, 6.45) is 4.43. The minimum atomic E-state index is -3.63. The van der Waals surface area contributed by atoms with Crippen molar-refractivity contribution < 1.29 is 13.2 Å². The molecule has 1 aliphatic carbocycles. The summed E-state index contributed by atoms with van der Waals surface area (Å²) < 4.78 is 36.5. The number of hydrogen-bond donors (Lipinski definition) is 0. The zero-order valence-corrected chi connectivity index (χ0v) is 20.0. The van der Waals surface area contributed by atoms with Gasteiger partial charge < -0.3 is 4.74 Å². The van der Waals surface area contributed by atoms with E-state index in [-0.39, 0.29) is 31.2 Å². The second-order valence-electron chi connectivity index (χ2n) is 8.80. The Kier molecular flexibility index (Phi) is 6.42. The Balaban J connectivity index is 1.71. The molecule has 10 heteroatoms. The third kappa shape index (κ3) is 4.52. The Morgan fingerprint density at radius 2 is 1.84 bits per heavy atom. The van der Waals surface area contributed by atoms with Crippen molar-refractivity contribution in [1.29, 1.82) is 0 Å². The zero-order valence-electron chi connectivity index (χ0n) is 18.5. The lowest BCUT2D eigenvalue weighted by Crippen LogP contribution is -2.39. The molecule has 8 nitrogen and oxygen atoms in total. The topological polar surface area (TPSA) is 80.6 Å². The predicted octanol–water partition coefficient (Wildman–Crippen LogP) is 3.49. The van der Waals surface area contributed by atoms with Crippen LogP contribution >= 0.6 is 11.6 Å². The van der Waals surface area contributed by atoms with Gasteiger partial charge in [0.15, 0.2) is 5.82 Å². The van der Waals surface area contributed by atoms with Gasteiger partial charge >= 0.3 is 0 Å². The molecular formula is C21H30ClN5O3S. The number of rotatable bonds is 5. The highest BCUT2D eigenvalue weighted by Crippen LogP contribution is 2.37. The smallest absolute Gasteiger partial charge is 0.282 e. The number of nitrogens with zero attached hydrogens (tertiary/aromatic N) is 5. The van der Waals surface area contributed by atoms with Crippen LogP contribution in [0.3, 0.4) is 0 Å². The molecule has 4 rings (SSSR count). The SMILES string of the molecule is CC(C)OC1CCC(c2nnc3n2-c2ccc(Cl)cc2CN(S(=O)(=O)N(C)C)C3)CC1. The van der Waals surface area contributed by atoms with Crippen molar-refractivity contribution in [3.63, 3.8) is 0 Å². The first-order chi connectivity index (χ1) is 14.7. The highest BCUT2D eigenvalue weighted by molar-refractivity contribution is 7.86. The molecule has 1 aliphatic heterocycles. The van der Waals surface area contributed by atoms with Gasteiger partial charge in [-0.15, -0.1) is 10.2 Å². The van der Waals surface area contributed by atoms with Crippen molar-refractivity contribution in [2.24, 2.45) is 0 Å². The van der Waals surface area contributed by atoms with Crippen LogP contribution in [0.5, 0.6) is 0 Å². The molecule has 0 radical (unpaired) electrons. The molecule has 2 heterocycles. The van der Waals surface area contributed by atoms with Crippen molar-refractivity contribution in [3.8, 4) is 5.69 Å². The van der Waals surface area contributed by atoms with E-state index in [0.29, 0.717) is 10.8 Å². The largest absolute Gasteiger partial charge is 0.376 e. The van der Waals surface area contributed by atoms with Gasteiger partial charge in [-0.2, -0.15) is 17.0 Å². The van der Waals surface area contributed by atoms with Crippen molar-refractivity contribution in [2.45, 2.75) is 70.7 Å². The van der Waals surface area contributed by atoms with E-state index in [1.54, 1.807) is 0 Å². The summed E-state index contributed by atoms with van der Waals surface area (Å²) in [5.41, 5.74) is 1.74. The molecule has 2 aliphatic rings. The van der Waals surface area contributed by atoms with E-state index in [0.717, 1.165) is 42.8 Å². The summed E-state index contributed by atoms with van der Waals surface area (Å²) >= 11 is 6.27. The van der Waals surface area contributed by atoms with Crippen LogP contribution in [0.2, 0.25) is 5.02 Å². The summed E-state index contributed by atoms with van der Waals surface area (Å²) in [6.45, 7) is 4.53. The lowest BCUT2D eigenvalue weighted by Gasteiger charge is -2.29. The van der Waals surface area contributed by atoms with Crippen LogP contribution in [0.4, 0.5) is 0 Å². The average molecular weight is 468 g/mol. The maximum atomic E-state index is 12.9. The van der Waals surface area contributed by atoms with E-state index in [1.165, 1.54) is 22.7 Å². The van der Waals surface area contributed by atoms with Crippen LogP contribution in [-0.2, 0) is 28.0 Å². The Morgan fingerprint density at radius 1 is 1.13 bits per heavy atom. The molecule has 170 valence electrons. The van der Waals surface area contributed by atoms with Crippen LogP contribution in [0.15, 0.2) is 18.2 Å². The molecule has 31 heavy (non-hydrogen) atoms. The molecule has 2 aromatic rings. The average Bonchev–Trinajstić information content (AvgIpc) is 3.03. The number of aromatic nitrogens is 3. The zero-order chi connectivity index (χ0) is 22.3. The van der Waals surface area contributed by atoms with E-state index >= 15 is 0 Å². The number of hydrogen-bond acceptors (Lipinski definition) is 5. The first-order valence-electron chi connectivity index (χ1n) is 10.7. The molecule has 0 amide bonds. The molecule has 1 aromatic carbocycles. The van der Waals surface area contributed by atoms with Gasteiger partial charge in [0, 0.05) is 31.6 Å². The highest BCUT2D eigenvalue weighted by Gasteiger charge is 2.34. The molecule has 1 aromatic heterocycles. The Morgan fingerprint density at radius 3 is 2.48 bits per heavy atom. The van der Waals surface area contributed by atoms with E-state index in [2.05, 4.69) is 24.0 Å². The monoisotopic (exact) mass is 467 g/mol. The van der Waals surface area contributed by atoms with Crippen LogP contribution in [0, 0.1) is 0 Å². The second-order valence-corrected chi connectivity index (χ2v) is 11.4. The second kappa shape index (κ2) is 8.78. The van der Waals surface area contributed by atoms with Crippen molar-refractivity contribution >= 4 is 21.8 Å². The molecule has 0 spiro atoms. The summed E-state index contributed by atoms with van der Waals surface area (Å²) in [4.78, 5) is 0. The normalized spacial score (nSPS) is 22.4. The third-order valence-corrected chi connectivity index (χ3v) is 8.06. The van der Waals surface area contributed by atoms with Crippen LogP contribution in [0.1, 0.15) is 62.7 Å². The highest BCUT2D eigenvalue weighted by atomic mass is 35.5. The molecular weight excluding hydrogens is 438 g/mol. The van der Waals surface area contributed by atoms with Gasteiger partial charge in [-0.25, -0.2) is 0 Å². The lowest BCUT2D eigenvalue weighted by molar-refractivity contribution is -0.0151. The van der Waals surface area contributed by atoms with E-state index in [1.807, 2.05) is 22.8 Å². The Bertz CT molecular complexity index is 1050. The maximum absolute atomic E-state index is 12.9. The number of benzene rings is 1. The fourth-order valence-corrected chi connectivity index (χ4v) is 5.74. The minimum absolute atomic E-state index is 0.158. The fraction of sp³-hybridized carbons (Fsp3) is 0.619.